The molecule has 1 rings (SSSR count). The summed E-state index contributed by atoms with van der Waals surface area (Å²) < 4.78 is 0. The van der Waals surface area contributed by atoms with Crippen LogP contribution in [0.5, 0.6) is 0 Å². The van der Waals surface area contributed by atoms with Gasteiger partial charge in [-0.05, 0) is 52.4 Å². The van der Waals surface area contributed by atoms with Crippen LogP contribution in [0.25, 0.3) is 0 Å². The number of rotatable bonds is 4. The minimum absolute atomic E-state index is 0.0366. The van der Waals surface area contributed by atoms with Crippen molar-refractivity contribution in [3.8, 4) is 0 Å². The van der Waals surface area contributed by atoms with Crippen molar-refractivity contribution in [2.24, 2.45) is 5.92 Å². The van der Waals surface area contributed by atoms with E-state index in [1.165, 1.54) is 12.8 Å². The van der Waals surface area contributed by atoms with E-state index in [4.69, 9.17) is 0 Å². The topological polar surface area (TPSA) is 52.6 Å². The molecule has 2 N–H and O–H groups in total. The van der Waals surface area contributed by atoms with E-state index in [0.717, 1.165) is 18.8 Å². The summed E-state index contributed by atoms with van der Waals surface area (Å²) in [5.41, 5.74) is 0. The third-order valence-corrected chi connectivity index (χ3v) is 3.69. The normalized spacial score (nSPS) is 25.9. The van der Waals surface area contributed by atoms with Gasteiger partial charge in [-0.1, -0.05) is 6.92 Å². The molecule has 18 heavy (non-hydrogen) atoms. The smallest absolute Gasteiger partial charge is 0.317 e. The summed E-state index contributed by atoms with van der Waals surface area (Å²) in [5, 5.41) is 12.5. The van der Waals surface area contributed by atoms with Crippen LogP contribution in [0.4, 0.5) is 4.79 Å². The number of nitrogens with one attached hydrogen (secondary N) is 1. The van der Waals surface area contributed by atoms with Gasteiger partial charge in [0.25, 0.3) is 0 Å². The number of nitrogens with zero attached hydrogens (tertiary/aromatic N) is 1. The lowest BCUT2D eigenvalue weighted by Crippen LogP contribution is -2.50. The Morgan fingerprint density at radius 2 is 1.83 bits per heavy atom. The molecule has 4 nitrogen and oxygen atoms in total. The Kier molecular flexibility index (Phi) is 5.93. The van der Waals surface area contributed by atoms with E-state index in [1.54, 1.807) is 11.8 Å². The molecule has 0 heterocycles. The molecule has 106 valence electrons. The highest BCUT2D eigenvalue weighted by molar-refractivity contribution is 5.74. The molecule has 4 heteroatoms. The molecule has 1 aliphatic carbocycles. The maximum atomic E-state index is 12.2. The summed E-state index contributed by atoms with van der Waals surface area (Å²) in [5.74, 6) is 0.789. The fourth-order valence-corrected chi connectivity index (χ4v) is 2.47. The number of urea groups is 1. The van der Waals surface area contributed by atoms with Crippen LogP contribution >= 0.6 is 0 Å². The van der Waals surface area contributed by atoms with Gasteiger partial charge >= 0.3 is 6.03 Å². The van der Waals surface area contributed by atoms with Crippen LogP contribution in [0.15, 0.2) is 0 Å². The van der Waals surface area contributed by atoms with Crippen molar-refractivity contribution in [1.29, 1.82) is 0 Å². The van der Waals surface area contributed by atoms with Crippen molar-refractivity contribution < 1.29 is 9.90 Å². The Bertz CT molecular complexity index is 259. The lowest BCUT2D eigenvalue weighted by molar-refractivity contribution is 0.115. The Morgan fingerprint density at radius 1 is 1.28 bits per heavy atom. The molecule has 1 aliphatic rings. The zero-order chi connectivity index (χ0) is 13.7. The minimum atomic E-state index is -0.482. The number of hydrogen-bond donors (Lipinski definition) is 2. The van der Waals surface area contributed by atoms with Crippen molar-refractivity contribution in [2.75, 3.05) is 6.54 Å². The predicted molar refractivity (Wildman–Crippen MR) is 73.5 cm³/mol. The van der Waals surface area contributed by atoms with Gasteiger partial charge < -0.3 is 15.3 Å². The first-order valence-corrected chi connectivity index (χ1v) is 7.15. The SMILES string of the molecule is CC(O)CN(C(=O)NC1CCC(C)CC1)C(C)C. The first kappa shape index (κ1) is 15.3. The maximum absolute atomic E-state index is 12.2. The van der Waals surface area contributed by atoms with Gasteiger partial charge in [0.15, 0.2) is 0 Å². The third-order valence-electron chi connectivity index (χ3n) is 3.69. The van der Waals surface area contributed by atoms with Crippen LogP contribution < -0.4 is 5.32 Å². The van der Waals surface area contributed by atoms with E-state index >= 15 is 0 Å². The molecule has 0 bridgehead atoms. The third kappa shape index (κ3) is 4.84. The van der Waals surface area contributed by atoms with Gasteiger partial charge in [-0.25, -0.2) is 4.79 Å². The number of aliphatic hydroxyl groups is 1. The lowest BCUT2D eigenvalue weighted by atomic mass is 9.87. The first-order valence-electron chi connectivity index (χ1n) is 7.15. The standard InChI is InChI=1S/C14H28N2O2/c1-10(2)16(9-12(4)17)14(18)15-13-7-5-11(3)6-8-13/h10-13,17H,5-9H2,1-4H3,(H,15,18). The van der Waals surface area contributed by atoms with Gasteiger partial charge in [0, 0.05) is 18.6 Å². The van der Waals surface area contributed by atoms with E-state index in [0.29, 0.717) is 12.6 Å². The number of amides is 2. The molecular formula is C14H28N2O2. The minimum Gasteiger partial charge on any atom is -0.392 e. The zero-order valence-corrected chi connectivity index (χ0v) is 12.1. The highest BCUT2D eigenvalue weighted by Crippen LogP contribution is 2.23. The summed E-state index contributed by atoms with van der Waals surface area (Å²) in [7, 11) is 0. The molecule has 0 spiro atoms. The largest absolute Gasteiger partial charge is 0.392 e. The van der Waals surface area contributed by atoms with E-state index in [1.807, 2.05) is 13.8 Å². The molecule has 0 aromatic rings. The molecule has 2 amide bonds. The van der Waals surface area contributed by atoms with Crippen LogP contribution in [0.3, 0.4) is 0 Å². The number of aliphatic hydroxyl groups excluding tert-OH is 1. The highest BCUT2D eigenvalue weighted by Gasteiger charge is 2.24. The van der Waals surface area contributed by atoms with Gasteiger partial charge in [0.05, 0.1) is 6.10 Å². The van der Waals surface area contributed by atoms with E-state index < -0.39 is 6.10 Å². The molecule has 0 saturated heterocycles. The Labute approximate surface area is 111 Å². The molecular weight excluding hydrogens is 228 g/mol. The van der Waals surface area contributed by atoms with Crippen molar-refractivity contribution in [3.63, 3.8) is 0 Å². The van der Waals surface area contributed by atoms with Crippen molar-refractivity contribution >= 4 is 6.03 Å². The summed E-state index contributed by atoms with van der Waals surface area (Å²) >= 11 is 0. The summed E-state index contributed by atoms with van der Waals surface area (Å²) in [6.45, 7) is 8.33. The van der Waals surface area contributed by atoms with E-state index in [-0.39, 0.29) is 12.1 Å². The molecule has 1 unspecified atom stereocenters. The Balaban J connectivity index is 2.46. The van der Waals surface area contributed by atoms with Crippen LogP contribution in [0, 0.1) is 5.92 Å². The highest BCUT2D eigenvalue weighted by atomic mass is 16.3. The number of hydrogen-bond acceptors (Lipinski definition) is 2. The summed E-state index contributed by atoms with van der Waals surface area (Å²) in [6, 6.07) is 0.386. The Hall–Kier alpha value is -0.770. The van der Waals surface area contributed by atoms with Gasteiger partial charge in [-0.15, -0.1) is 0 Å². The van der Waals surface area contributed by atoms with E-state index in [9.17, 15) is 9.90 Å². The Morgan fingerprint density at radius 3 is 2.28 bits per heavy atom. The molecule has 0 radical (unpaired) electrons. The summed E-state index contributed by atoms with van der Waals surface area (Å²) in [6.07, 6.45) is 4.07. The van der Waals surface area contributed by atoms with Gasteiger partial charge in [-0.2, -0.15) is 0 Å². The number of carbonyl (C=O) groups is 1. The zero-order valence-electron chi connectivity index (χ0n) is 12.1. The van der Waals surface area contributed by atoms with Gasteiger partial charge in [-0.3, -0.25) is 0 Å². The van der Waals surface area contributed by atoms with Crippen molar-refractivity contribution in [1.82, 2.24) is 10.2 Å². The second-order valence-corrected chi connectivity index (χ2v) is 6.00. The summed E-state index contributed by atoms with van der Waals surface area (Å²) in [4.78, 5) is 13.9. The second-order valence-electron chi connectivity index (χ2n) is 6.00. The quantitative estimate of drug-likeness (QED) is 0.811. The monoisotopic (exact) mass is 256 g/mol. The second kappa shape index (κ2) is 6.98. The lowest BCUT2D eigenvalue weighted by Gasteiger charge is -2.32. The van der Waals surface area contributed by atoms with Crippen LogP contribution in [0.2, 0.25) is 0 Å². The fourth-order valence-electron chi connectivity index (χ4n) is 2.47. The first-order chi connectivity index (χ1) is 8.40. The maximum Gasteiger partial charge on any atom is 0.317 e. The molecule has 0 aromatic carbocycles. The molecule has 1 fully saturated rings. The van der Waals surface area contributed by atoms with Crippen LogP contribution in [-0.2, 0) is 0 Å². The van der Waals surface area contributed by atoms with Gasteiger partial charge in [0.1, 0.15) is 0 Å². The fraction of sp³-hybridized carbons (Fsp3) is 0.929. The van der Waals surface area contributed by atoms with Crippen LogP contribution in [0.1, 0.15) is 53.4 Å². The average Bonchev–Trinajstić information content (AvgIpc) is 2.28. The molecule has 1 atom stereocenters. The average molecular weight is 256 g/mol. The molecule has 0 aliphatic heterocycles. The number of carbonyl (C=O) groups excluding carboxylic acids is 1. The molecule has 1 saturated carbocycles. The van der Waals surface area contributed by atoms with E-state index in [2.05, 4.69) is 12.2 Å². The van der Waals surface area contributed by atoms with Crippen molar-refractivity contribution in [2.45, 2.75) is 71.6 Å². The van der Waals surface area contributed by atoms with Crippen LogP contribution in [-0.4, -0.2) is 40.8 Å². The predicted octanol–water partition coefficient (Wildman–Crippen LogP) is 2.37. The van der Waals surface area contributed by atoms with Gasteiger partial charge in [0.2, 0.25) is 0 Å². The molecule has 0 aromatic heterocycles. The van der Waals surface area contributed by atoms with Crippen molar-refractivity contribution in [3.05, 3.63) is 0 Å².